The second-order valence-corrected chi connectivity index (χ2v) is 6.36. The normalized spacial score (nSPS) is 11.5. The molecule has 6 heteroatoms. The molecule has 0 heterocycles. The molecule has 20 heavy (non-hydrogen) atoms. The molecule has 0 unspecified atom stereocenters. The van der Waals surface area contributed by atoms with Crippen LogP contribution >= 0.6 is 0 Å². The molecular formula is C14H24N2O3S. The van der Waals surface area contributed by atoms with Gasteiger partial charge < -0.3 is 10.5 Å². The second kappa shape index (κ2) is 8.11. The van der Waals surface area contributed by atoms with Crippen molar-refractivity contribution in [3.8, 4) is 5.75 Å². The smallest absolute Gasteiger partial charge is 0.240 e. The van der Waals surface area contributed by atoms with Crippen molar-refractivity contribution >= 4 is 15.7 Å². The van der Waals surface area contributed by atoms with Gasteiger partial charge in [-0.2, -0.15) is 0 Å². The Balaban J connectivity index is 2.45. The van der Waals surface area contributed by atoms with E-state index in [1.54, 1.807) is 12.1 Å². The molecule has 0 radical (unpaired) electrons. The third-order valence-corrected chi connectivity index (χ3v) is 4.06. The molecule has 1 aromatic rings. The van der Waals surface area contributed by atoms with E-state index >= 15 is 0 Å². The highest BCUT2D eigenvalue weighted by Gasteiger charge is 2.15. The molecule has 0 aliphatic heterocycles. The summed E-state index contributed by atoms with van der Waals surface area (Å²) in [5.41, 5.74) is 5.85. The van der Waals surface area contributed by atoms with Crippen LogP contribution in [0.5, 0.6) is 5.75 Å². The van der Waals surface area contributed by atoms with Gasteiger partial charge in [0.15, 0.2) is 0 Å². The van der Waals surface area contributed by atoms with Gasteiger partial charge in [-0.25, -0.2) is 13.6 Å². The Hall–Kier alpha value is -1.27. The Morgan fingerprint density at radius 1 is 1.10 bits per heavy atom. The van der Waals surface area contributed by atoms with Gasteiger partial charge >= 0.3 is 0 Å². The number of sulfonamides is 1. The molecule has 0 atom stereocenters. The van der Waals surface area contributed by atoms with E-state index in [1.165, 1.54) is 31.7 Å². The van der Waals surface area contributed by atoms with Crippen LogP contribution in [0, 0.1) is 0 Å². The minimum atomic E-state index is -3.81. The summed E-state index contributed by atoms with van der Waals surface area (Å²) in [5, 5.41) is 5.09. The monoisotopic (exact) mass is 300 g/mol. The number of benzene rings is 1. The van der Waals surface area contributed by atoms with Crippen LogP contribution in [-0.2, 0) is 10.0 Å². The van der Waals surface area contributed by atoms with E-state index in [-0.39, 0.29) is 10.6 Å². The molecule has 0 bridgehead atoms. The van der Waals surface area contributed by atoms with E-state index in [9.17, 15) is 8.42 Å². The maximum absolute atomic E-state index is 11.3. The lowest BCUT2D eigenvalue weighted by molar-refractivity contribution is 0.305. The highest BCUT2D eigenvalue weighted by molar-refractivity contribution is 7.89. The first kappa shape index (κ1) is 16.8. The summed E-state index contributed by atoms with van der Waals surface area (Å²) in [6.45, 7) is 2.72. The first-order chi connectivity index (χ1) is 9.46. The summed E-state index contributed by atoms with van der Waals surface area (Å²) in [5.74, 6) is 0.380. The third kappa shape index (κ3) is 5.38. The lowest BCUT2D eigenvalue weighted by atomic mass is 10.1. The minimum absolute atomic E-state index is 0.0842. The van der Waals surface area contributed by atoms with Crippen molar-refractivity contribution in [2.75, 3.05) is 12.3 Å². The lowest BCUT2D eigenvalue weighted by Crippen LogP contribution is -2.15. The van der Waals surface area contributed by atoms with E-state index in [0.29, 0.717) is 12.4 Å². The molecule has 1 rings (SSSR count). The van der Waals surface area contributed by atoms with Crippen molar-refractivity contribution < 1.29 is 13.2 Å². The molecule has 0 fully saturated rings. The largest absolute Gasteiger partial charge is 0.491 e. The van der Waals surface area contributed by atoms with Gasteiger partial charge in [0, 0.05) is 0 Å². The fourth-order valence-electron chi connectivity index (χ4n) is 1.96. The van der Waals surface area contributed by atoms with Crippen LogP contribution in [0.25, 0.3) is 0 Å². The summed E-state index contributed by atoms with van der Waals surface area (Å²) in [6.07, 6.45) is 6.98. The molecule has 5 nitrogen and oxygen atoms in total. The molecule has 0 amide bonds. The van der Waals surface area contributed by atoms with Crippen molar-refractivity contribution in [2.45, 2.75) is 50.3 Å². The summed E-state index contributed by atoms with van der Waals surface area (Å²) >= 11 is 0. The number of ether oxygens (including phenoxy) is 1. The van der Waals surface area contributed by atoms with Crippen LogP contribution in [0.4, 0.5) is 5.69 Å². The number of hydrogen-bond donors (Lipinski definition) is 2. The highest BCUT2D eigenvalue weighted by Crippen LogP contribution is 2.28. The number of para-hydroxylation sites is 1. The number of unbranched alkanes of at least 4 members (excludes halogenated alkanes) is 5. The van der Waals surface area contributed by atoms with Crippen LogP contribution in [0.1, 0.15) is 45.4 Å². The Morgan fingerprint density at radius 3 is 2.40 bits per heavy atom. The molecule has 4 N–H and O–H groups in total. The van der Waals surface area contributed by atoms with Crippen molar-refractivity contribution in [2.24, 2.45) is 5.14 Å². The van der Waals surface area contributed by atoms with E-state index in [4.69, 9.17) is 15.6 Å². The number of nitrogen functional groups attached to an aromatic ring is 1. The molecule has 0 aliphatic carbocycles. The topological polar surface area (TPSA) is 95.4 Å². The Bertz CT molecular complexity index is 515. The molecule has 114 valence electrons. The fraction of sp³-hybridized carbons (Fsp3) is 0.571. The number of nitrogens with two attached hydrogens (primary N) is 2. The second-order valence-electron chi connectivity index (χ2n) is 4.83. The van der Waals surface area contributed by atoms with E-state index < -0.39 is 10.0 Å². The molecule has 0 saturated carbocycles. The Labute approximate surface area is 121 Å². The summed E-state index contributed by atoms with van der Waals surface area (Å²) in [4.78, 5) is -0.0852. The number of hydrogen-bond acceptors (Lipinski definition) is 4. The zero-order valence-corrected chi connectivity index (χ0v) is 12.8. The standard InChI is InChI=1S/C14H24N2O3S/c1-2-3-4-5-6-7-11-19-12-9-8-10-13(14(12)15)20(16,17)18/h8-10H,2-7,11,15H2,1H3,(H2,16,17,18). The van der Waals surface area contributed by atoms with Gasteiger partial charge in [0.1, 0.15) is 10.6 Å². The van der Waals surface area contributed by atoms with Gasteiger partial charge in [-0.05, 0) is 18.6 Å². The fourth-order valence-corrected chi connectivity index (χ4v) is 2.64. The number of anilines is 1. The summed E-state index contributed by atoms with van der Waals surface area (Å²) < 4.78 is 28.2. The zero-order chi connectivity index (χ0) is 15.0. The zero-order valence-electron chi connectivity index (χ0n) is 12.0. The predicted molar refractivity (Wildman–Crippen MR) is 81.1 cm³/mol. The van der Waals surface area contributed by atoms with Gasteiger partial charge in [0.2, 0.25) is 10.0 Å². The van der Waals surface area contributed by atoms with Crippen LogP contribution in [0.3, 0.4) is 0 Å². The van der Waals surface area contributed by atoms with Crippen LogP contribution < -0.4 is 15.6 Å². The Morgan fingerprint density at radius 2 is 1.75 bits per heavy atom. The molecule has 1 aromatic carbocycles. The Kier molecular flexibility index (Phi) is 6.81. The molecule has 0 aliphatic rings. The van der Waals surface area contributed by atoms with Crippen molar-refractivity contribution in [3.05, 3.63) is 18.2 Å². The van der Waals surface area contributed by atoms with Crippen molar-refractivity contribution in [3.63, 3.8) is 0 Å². The van der Waals surface area contributed by atoms with Gasteiger partial charge in [-0.1, -0.05) is 45.1 Å². The predicted octanol–water partition coefficient (Wildman–Crippen LogP) is 2.66. The first-order valence-corrected chi connectivity index (χ1v) is 8.55. The average molecular weight is 300 g/mol. The maximum atomic E-state index is 11.3. The third-order valence-electron chi connectivity index (χ3n) is 3.09. The van der Waals surface area contributed by atoms with Crippen molar-refractivity contribution in [1.29, 1.82) is 0 Å². The van der Waals surface area contributed by atoms with Crippen LogP contribution in [0.15, 0.2) is 23.1 Å². The average Bonchev–Trinajstić information content (AvgIpc) is 2.38. The molecule has 0 spiro atoms. The molecule has 0 saturated heterocycles. The number of rotatable bonds is 9. The molecular weight excluding hydrogens is 276 g/mol. The lowest BCUT2D eigenvalue weighted by Gasteiger charge is -2.11. The summed E-state index contributed by atoms with van der Waals surface area (Å²) in [7, 11) is -3.81. The van der Waals surface area contributed by atoms with E-state index in [0.717, 1.165) is 12.8 Å². The highest BCUT2D eigenvalue weighted by atomic mass is 32.2. The maximum Gasteiger partial charge on any atom is 0.240 e. The van der Waals surface area contributed by atoms with Gasteiger partial charge in [0.05, 0.1) is 12.3 Å². The van der Waals surface area contributed by atoms with E-state index in [2.05, 4.69) is 6.92 Å². The van der Waals surface area contributed by atoms with Crippen LogP contribution in [-0.4, -0.2) is 15.0 Å². The van der Waals surface area contributed by atoms with Crippen molar-refractivity contribution in [1.82, 2.24) is 0 Å². The quantitative estimate of drug-likeness (QED) is 0.541. The first-order valence-electron chi connectivity index (χ1n) is 7.01. The van der Waals surface area contributed by atoms with Crippen LogP contribution in [0.2, 0.25) is 0 Å². The minimum Gasteiger partial charge on any atom is -0.491 e. The molecule has 0 aromatic heterocycles. The van der Waals surface area contributed by atoms with E-state index in [1.807, 2.05) is 0 Å². The van der Waals surface area contributed by atoms with Gasteiger partial charge in [0.25, 0.3) is 0 Å². The van der Waals surface area contributed by atoms with Gasteiger partial charge in [-0.3, -0.25) is 0 Å². The summed E-state index contributed by atoms with van der Waals surface area (Å²) in [6, 6.07) is 4.61. The number of primary sulfonamides is 1. The van der Waals surface area contributed by atoms with Gasteiger partial charge in [-0.15, -0.1) is 0 Å². The SMILES string of the molecule is CCCCCCCCOc1cccc(S(N)(=O)=O)c1N.